The molecule has 0 unspecified atom stereocenters. The van der Waals surface area contributed by atoms with E-state index in [0.717, 1.165) is 0 Å². The molecule has 0 saturated heterocycles. The van der Waals surface area contributed by atoms with E-state index in [1.165, 1.54) is 30.4 Å². The number of aryl methyl sites for hydroxylation is 1. The molecule has 0 bridgehead atoms. The van der Waals surface area contributed by atoms with Crippen LogP contribution in [0.3, 0.4) is 0 Å². The Balaban J connectivity index is 2.44. The highest BCUT2D eigenvalue weighted by atomic mass is 14.1. The lowest BCUT2D eigenvalue weighted by Crippen LogP contribution is -2.04. The zero-order valence-corrected chi connectivity index (χ0v) is 11.5. The van der Waals surface area contributed by atoms with Gasteiger partial charge in [0, 0.05) is 0 Å². The van der Waals surface area contributed by atoms with Crippen LogP contribution in [0, 0.1) is 5.41 Å². The van der Waals surface area contributed by atoms with Crippen LogP contribution in [0.2, 0.25) is 0 Å². The topological polar surface area (TPSA) is 0 Å². The van der Waals surface area contributed by atoms with Crippen LogP contribution in [0.15, 0.2) is 24.3 Å². The number of hydrogen-bond acceptors (Lipinski definition) is 0. The summed E-state index contributed by atoms with van der Waals surface area (Å²) in [5.41, 5.74) is 3.39. The van der Waals surface area contributed by atoms with Gasteiger partial charge in [0.2, 0.25) is 0 Å². The summed E-state index contributed by atoms with van der Waals surface area (Å²) in [6.07, 6.45) is 3.82. The first-order chi connectivity index (χ1) is 7.38. The maximum Gasteiger partial charge on any atom is -0.0219 e. The van der Waals surface area contributed by atoms with Gasteiger partial charge in [-0.15, -0.1) is 0 Å². The summed E-state index contributed by atoms with van der Waals surface area (Å²) in [5.74, 6) is 0.642. The number of rotatable bonds is 4. The maximum absolute atomic E-state index is 2.31. The highest BCUT2D eigenvalue weighted by molar-refractivity contribution is 5.24. The summed E-state index contributed by atoms with van der Waals surface area (Å²) >= 11 is 0. The fraction of sp³-hybridized carbons (Fsp3) is 0.625. The molecule has 0 amide bonds. The zero-order chi connectivity index (χ0) is 12.2. The monoisotopic (exact) mass is 218 g/mol. The quantitative estimate of drug-likeness (QED) is 0.653. The SMILES string of the molecule is CC(C)c1ccc(CCCC(C)(C)C)cc1. The first-order valence-electron chi connectivity index (χ1n) is 6.47. The molecule has 0 fully saturated rings. The lowest BCUT2D eigenvalue weighted by atomic mass is 9.89. The van der Waals surface area contributed by atoms with E-state index in [0.29, 0.717) is 11.3 Å². The molecule has 0 aromatic heterocycles. The molecule has 1 aromatic carbocycles. The van der Waals surface area contributed by atoms with Gasteiger partial charge < -0.3 is 0 Å². The largest absolute Gasteiger partial charge is 0.0602 e. The molecular weight excluding hydrogens is 192 g/mol. The molecule has 0 aliphatic rings. The average Bonchev–Trinajstić information content (AvgIpc) is 2.16. The molecule has 0 spiro atoms. The molecule has 0 radical (unpaired) electrons. The Hall–Kier alpha value is -0.780. The van der Waals surface area contributed by atoms with Crippen LogP contribution in [-0.2, 0) is 6.42 Å². The molecule has 0 heteroatoms. The predicted octanol–water partition coefficient (Wildman–Crippen LogP) is 5.18. The summed E-state index contributed by atoms with van der Waals surface area (Å²) < 4.78 is 0. The van der Waals surface area contributed by atoms with Gasteiger partial charge in [0.05, 0.1) is 0 Å². The Labute approximate surface area is 101 Å². The first kappa shape index (κ1) is 13.3. The lowest BCUT2D eigenvalue weighted by Gasteiger charge is -2.17. The van der Waals surface area contributed by atoms with Gasteiger partial charge in [0.1, 0.15) is 0 Å². The molecule has 1 rings (SSSR count). The van der Waals surface area contributed by atoms with Gasteiger partial charge >= 0.3 is 0 Å². The third-order valence-electron chi connectivity index (χ3n) is 3.04. The fourth-order valence-electron chi connectivity index (χ4n) is 1.89. The highest BCUT2D eigenvalue weighted by Crippen LogP contribution is 2.22. The lowest BCUT2D eigenvalue weighted by molar-refractivity contribution is 0.365. The minimum absolute atomic E-state index is 0.470. The van der Waals surface area contributed by atoms with E-state index in [1.807, 2.05) is 0 Å². The van der Waals surface area contributed by atoms with Crippen LogP contribution in [-0.4, -0.2) is 0 Å². The van der Waals surface area contributed by atoms with Gasteiger partial charge in [-0.2, -0.15) is 0 Å². The van der Waals surface area contributed by atoms with Crippen LogP contribution in [0.1, 0.15) is 64.5 Å². The van der Waals surface area contributed by atoms with Gasteiger partial charge in [-0.05, 0) is 41.7 Å². The van der Waals surface area contributed by atoms with Gasteiger partial charge in [-0.1, -0.05) is 58.9 Å². The van der Waals surface area contributed by atoms with Crippen molar-refractivity contribution in [2.45, 2.75) is 59.8 Å². The van der Waals surface area contributed by atoms with Crippen molar-refractivity contribution in [3.63, 3.8) is 0 Å². The molecule has 0 aliphatic carbocycles. The van der Waals surface area contributed by atoms with Crippen molar-refractivity contribution in [2.75, 3.05) is 0 Å². The van der Waals surface area contributed by atoms with Crippen LogP contribution in [0.25, 0.3) is 0 Å². The summed E-state index contributed by atoms with van der Waals surface area (Å²) in [6, 6.07) is 9.13. The summed E-state index contributed by atoms with van der Waals surface area (Å²) in [4.78, 5) is 0. The standard InChI is InChI=1S/C16H26/c1-13(2)15-10-8-14(9-11-15)7-6-12-16(3,4)5/h8-11,13H,6-7,12H2,1-5H3. The van der Waals surface area contributed by atoms with Gasteiger partial charge in [0.15, 0.2) is 0 Å². The normalized spacial score (nSPS) is 12.1. The molecule has 1 aromatic rings. The van der Waals surface area contributed by atoms with E-state index < -0.39 is 0 Å². The second-order valence-electron chi connectivity index (χ2n) is 6.31. The minimum atomic E-state index is 0.470. The number of benzene rings is 1. The Morgan fingerprint density at radius 2 is 1.56 bits per heavy atom. The van der Waals surface area contributed by atoms with Crippen molar-refractivity contribution in [3.8, 4) is 0 Å². The molecule has 0 atom stereocenters. The highest BCUT2D eigenvalue weighted by Gasteiger charge is 2.09. The van der Waals surface area contributed by atoms with Crippen molar-refractivity contribution >= 4 is 0 Å². The van der Waals surface area contributed by atoms with Crippen LogP contribution >= 0.6 is 0 Å². The molecule has 0 aliphatic heterocycles. The Kier molecular flexibility index (Phi) is 4.58. The van der Waals surface area contributed by atoms with Crippen molar-refractivity contribution in [3.05, 3.63) is 35.4 Å². The fourth-order valence-corrected chi connectivity index (χ4v) is 1.89. The van der Waals surface area contributed by atoms with Crippen LogP contribution in [0.5, 0.6) is 0 Å². The van der Waals surface area contributed by atoms with E-state index >= 15 is 0 Å². The van der Waals surface area contributed by atoms with E-state index in [-0.39, 0.29) is 0 Å². The zero-order valence-electron chi connectivity index (χ0n) is 11.5. The van der Waals surface area contributed by atoms with E-state index in [4.69, 9.17) is 0 Å². The van der Waals surface area contributed by atoms with Crippen molar-refractivity contribution in [1.82, 2.24) is 0 Å². The van der Waals surface area contributed by atoms with Crippen LogP contribution in [0.4, 0.5) is 0 Å². The van der Waals surface area contributed by atoms with E-state index in [1.54, 1.807) is 0 Å². The second-order valence-corrected chi connectivity index (χ2v) is 6.31. The van der Waals surface area contributed by atoms with Crippen molar-refractivity contribution < 1.29 is 0 Å². The van der Waals surface area contributed by atoms with Gasteiger partial charge in [-0.3, -0.25) is 0 Å². The smallest absolute Gasteiger partial charge is 0.0219 e. The molecule has 0 nitrogen and oxygen atoms in total. The van der Waals surface area contributed by atoms with Crippen molar-refractivity contribution in [1.29, 1.82) is 0 Å². The summed E-state index contributed by atoms with van der Waals surface area (Å²) in [6.45, 7) is 11.4. The average molecular weight is 218 g/mol. The molecule has 0 saturated carbocycles. The molecule has 0 N–H and O–H groups in total. The molecular formula is C16H26. The van der Waals surface area contributed by atoms with Gasteiger partial charge in [0.25, 0.3) is 0 Å². The van der Waals surface area contributed by atoms with Gasteiger partial charge in [-0.25, -0.2) is 0 Å². The van der Waals surface area contributed by atoms with Crippen LogP contribution < -0.4 is 0 Å². The second kappa shape index (κ2) is 5.52. The first-order valence-corrected chi connectivity index (χ1v) is 6.47. The molecule has 90 valence electrons. The number of hydrogen-bond donors (Lipinski definition) is 0. The third-order valence-corrected chi connectivity index (χ3v) is 3.04. The minimum Gasteiger partial charge on any atom is -0.0602 e. The third kappa shape index (κ3) is 4.83. The maximum atomic E-state index is 2.31. The predicted molar refractivity (Wildman–Crippen MR) is 72.9 cm³/mol. The van der Waals surface area contributed by atoms with Crippen molar-refractivity contribution in [2.24, 2.45) is 5.41 Å². The molecule has 16 heavy (non-hydrogen) atoms. The molecule has 0 heterocycles. The summed E-state index contributed by atoms with van der Waals surface area (Å²) in [7, 11) is 0. The van der Waals surface area contributed by atoms with E-state index in [9.17, 15) is 0 Å². The summed E-state index contributed by atoms with van der Waals surface area (Å²) in [5, 5.41) is 0. The Morgan fingerprint density at radius 1 is 1.00 bits per heavy atom. The Morgan fingerprint density at radius 3 is 2.00 bits per heavy atom. The van der Waals surface area contributed by atoms with E-state index in [2.05, 4.69) is 58.9 Å². The Bertz CT molecular complexity index is 298.